The van der Waals surface area contributed by atoms with Gasteiger partial charge in [-0.1, -0.05) is 44.2 Å². The van der Waals surface area contributed by atoms with Crippen LogP contribution in [0.15, 0.2) is 22.7 Å². The van der Waals surface area contributed by atoms with Crippen LogP contribution in [0.3, 0.4) is 0 Å². The first-order valence-electron chi connectivity index (χ1n) is 12.2. The van der Waals surface area contributed by atoms with Crippen LogP contribution in [0.1, 0.15) is 83.3 Å². The zero-order chi connectivity index (χ0) is 24.4. The van der Waals surface area contributed by atoms with Gasteiger partial charge in [0.05, 0.1) is 19.4 Å². The lowest BCUT2D eigenvalue weighted by atomic mass is 9.89. The van der Waals surface area contributed by atoms with E-state index in [1.807, 2.05) is 0 Å². The molecule has 3 rings (SSSR count). The van der Waals surface area contributed by atoms with Crippen LogP contribution in [0, 0.1) is 0 Å². The highest BCUT2D eigenvalue weighted by Crippen LogP contribution is 2.35. The van der Waals surface area contributed by atoms with Crippen LogP contribution in [-0.4, -0.2) is 35.7 Å². The van der Waals surface area contributed by atoms with Crippen molar-refractivity contribution in [3.63, 3.8) is 0 Å². The Bertz CT molecular complexity index is 951. The van der Waals surface area contributed by atoms with Gasteiger partial charge < -0.3 is 24.6 Å². The summed E-state index contributed by atoms with van der Waals surface area (Å²) in [4.78, 5) is 29.1. The number of aromatic nitrogens is 2. The molecule has 2 aromatic rings. The number of amides is 2. The first kappa shape index (κ1) is 25.5. The Labute approximate surface area is 201 Å². The standard InChI is InChI=1S/C25H36N4O5/c1-4-5-16-33-21-11-10-19(32-3)17-20(21)26-22(31)12-13-23-27-24(29-34-23)25(28-18(2)30)14-8-6-7-9-15-25/h10-11,17H,4-9,12-16H2,1-3H3,(H,26,31)(H,28,30). The predicted octanol–water partition coefficient (Wildman–Crippen LogP) is 4.51. The molecule has 1 aliphatic rings. The van der Waals surface area contributed by atoms with Gasteiger partial charge in [-0.2, -0.15) is 4.98 Å². The molecule has 1 heterocycles. The summed E-state index contributed by atoms with van der Waals surface area (Å²) in [5.41, 5.74) is -0.0350. The highest BCUT2D eigenvalue weighted by Gasteiger charge is 2.38. The number of ether oxygens (including phenoxy) is 2. The van der Waals surface area contributed by atoms with Crippen molar-refractivity contribution in [2.24, 2.45) is 0 Å². The minimum atomic E-state index is -0.600. The van der Waals surface area contributed by atoms with Crippen molar-refractivity contribution in [3.8, 4) is 11.5 Å². The van der Waals surface area contributed by atoms with Crippen LogP contribution in [0.5, 0.6) is 11.5 Å². The molecule has 2 N–H and O–H groups in total. The van der Waals surface area contributed by atoms with Crippen molar-refractivity contribution < 1.29 is 23.6 Å². The van der Waals surface area contributed by atoms with Crippen LogP contribution >= 0.6 is 0 Å². The highest BCUT2D eigenvalue weighted by molar-refractivity contribution is 5.92. The fourth-order valence-corrected chi connectivity index (χ4v) is 4.24. The average molecular weight is 473 g/mol. The Morgan fingerprint density at radius 2 is 1.94 bits per heavy atom. The van der Waals surface area contributed by atoms with E-state index >= 15 is 0 Å². The number of carbonyl (C=O) groups excluding carboxylic acids is 2. The van der Waals surface area contributed by atoms with Gasteiger partial charge in [-0.05, 0) is 31.4 Å². The lowest BCUT2D eigenvalue weighted by Gasteiger charge is -2.30. The van der Waals surface area contributed by atoms with Crippen LogP contribution < -0.4 is 20.1 Å². The number of nitrogens with one attached hydrogen (secondary N) is 2. The maximum atomic E-state index is 12.7. The molecule has 0 saturated heterocycles. The average Bonchev–Trinajstić information content (AvgIpc) is 3.18. The van der Waals surface area contributed by atoms with Gasteiger partial charge in [0.1, 0.15) is 17.0 Å². The molecule has 0 atom stereocenters. The van der Waals surface area contributed by atoms with E-state index in [0.717, 1.165) is 51.4 Å². The van der Waals surface area contributed by atoms with Gasteiger partial charge in [0.25, 0.3) is 0 Å². The van der Waals surface area contributed by atoms with E-state index in [4.69, 9.17) is 14.0 Å². The van der Waals surface area contributed by atoms with E-state index in [9.17, 15) is 9.59 Å². The van der Waals surface area contributed by atoms with Gasteiger partial charge in [0, 0.05) is 25.8 Å². The second kappa shape index (κ2) is 12.4. The fraction of sp³-hybridized carbons (Fsp3) is 0.600. The normalized spacial score (nSPS) is 15.3. The molecule has 0 spiro atoms. The first-order valence-corrected chi connectivity index (χ1v) is 12.2. The predicted molar refractivity (Wildman–Crippen MR) is 128 cm³/mol. The quantitative estimate of drug-likeness (QED) is 0.365. The number of benzene rings is 1. The van der Waals surface area contributed by atoms with Crippen LogP contribution in [0.2, 0.25) is 0 Å². The van der Waals surface area contributed by atoms with E-state index in [0.29, 0.717) is 41.9 Å². The summed E-state index contributed by atoms with van der Waals surface area (Å²) in [6.45, 7) is 4.18. The summed E-state index contributed by atoms with van der Waals surface area (Å²) in [5, 5.41) is 10.2. The van der Waals surface area contributed by atoms with E-state index in [1.165, 1.54) is 6.92 Å². The number of hydrogen-bond donors (Lipinski definition) is 2. The molecule has 2 amide bonds. The van der Waals surface area contributed by atoms with E-state index in [-0.39, 0.29) is 18.2 Å². The smallest absolute Gasteiger partial charge is 0.227 e. The Hall–Kier alpha value is -3.10. The number of nitrogens with zero attached hydrogens (tertiary/aromatic N) is 2. The molecule has 0 bridgehead atoms. The molecule has 34 heavy (non-hydrogen) atoms. The third-order valence-electron chi connectivity index (χ3n) is 6.05. The molecular formula is C25H36N4O5. The Morgan fingerprint density at radius 3 is 2.62 bits per heavy atom. The summed E-state index contributed by atoms with van der Waals surface area (Å²) in [7, 11) is 1.58. The van der Waals surface area contributed by atoms with Gasteiger partial charge >= 0.3 is 0 Å². The molecule has 1 aromatic carbocycles. The third kappa shape index (κ3) is 6.95. The van der Waals surface area contributed by atoms with E-state index < -0.39 is 5.54 Å². The molecule has 1 aromatic heterocycles. The summed E-state index contributed by atoms with van der Waals surface area (Å²) in [6, 6.07) is 5.34. The van der Waals surface area contributed by atoms with Gasteiger partial charge in [-0.25, -0.2) is 0 Å². The van der Waals surface area contributed by atoms with Gasteiger partial charge in [0.15, 0.2) is 5.82 Å². The highest BCUT2D eigenvalue weighted by atomic mass is 16.5. The SMILES string of the molecule is CCCCOc1ccc(OC)cc1NC(=O)CCc1nc(C2(NC(C)=O)CCCCCC2)no1. The molecule has 0 aliphatic heterocycles. The van der Waals surface area contributed by atoms with Crippen LogP contribution in [0.25, 0.3) is 0 Å². The number of hydrogen-bond acceptors (Lipinski definition) is 7. The number of anilines is 1. The monoisotopic (exact) mass is 472 g/mol. The minimum absolute atomic E-state index is 0.108. The van der Waals surface area contributed by atoms with Crippen molar-refractivity contribution >= 4 is 17.5 Å². The molecule has 1 saturated carbocycles. The second-order valence-electron chi connectivity index (χ2n) is 8.80. The molecule has 1 aliphatic carbocycles. The van der Waals surface area contributed by atoms with Crippen molar-refractivity contribution in [1.82, 2.24) is 15.5 Å². The third-order valence-corrected chi connectivity index (χ3v) is 6.05. The number of rotatable bonds is 11. The molecule has 9 nitrogen and oxygen atoms in total. The summed E-state index contributed by atoms with van der Waals surface area (Å²) >= 11 is 0. The summed E-state index contributed by atoms with van der Waals surface area (Å²) in [5.74, 6) is 1.81. The minimum Gasteiger partial charge on any atom is -0.497 e. The van der Waals surface area contributed by atoms with Crippen molar-refractivity contribution in [2.75, 3.05) is 19.0 Å². The number of methoxy groups -OCH3 is 1. The molecule has 0 radical (unpaired) electrons. The first-order chi connectivity index (χ1) is 16.5. The molecule has 186 valence electrons. The molecule has 1 fully saturated rings. The zero-order valence-electron chi connectivity index (χ0n) is 20.4. The van der Waals surface area contributed by atoms with Gasteiger partial charge in [-0.3, -0.25) is 9.59 Å². The maximum absolute atomic E-state index is 12.7. The maximum Gasteiger partial charge on any atom is 0.227 e. The van der Waals surface area contributed by atoms with E-state index in [2.05, 4.69) is 27.7 Å². The lowest BCUT2D eigenvalue weighted by molar-refractivity contribution is -0.121. The largest absolute Gasteiger partial charge is 0.497 e. The van der Waals surface area contributed by atoms with Gasteiger partial charge in [-0.15, -0.1) is 0 Å². The lowest BCUT2D eigenvalue weighted by Crippen LogP contribution is -2.45. The molecular weight excluding hydrogens is 436 g/mol. The zero-order valence-corrected chi connectivity index (χ0v) is 20.4. The van der Waals surface area contributed by atoms with Crippen molar-refractivity contribution in [2.45, 2.75) is 83.6 Å². The Balaban J connectivity index is 1.64. The van der Waals surface area contributed by atoms with Crippen molar-refractivity contribution in [3.05, 3.63) is 29.9 Å². The molecule has 0 unspecified atom stereocenters. The Kier molecular flexibility index (Phi) is 9.30. The Morgan fingerprint density at radius 1 is 1.18 bits per heavy atom. The van der Waals surface area contributed by atoms with Gasteiger partial charge in [0.2, 0.25) is 17.7 Å². The fourth-order valence-electron chi connectivity index (χ4n) is 4.24. The van der Waals surface area contributed by atoms with E-state index in [1.54, 1.807) is 25.3 Å². The number of carbonyl (C=O) groups is 2. The van der Waals surface area contributed by atoms with Crippen molar-refractivity contribution in [1.29, 1.82) is 0 Å². The molecule has 9 heteroatoms. The van der Waals surface area contributed by atoms with Crippen LogP contribution in [-0.2, 0) is 21.5 Å². The topological polar surface area (TPSA) is 116 Å². The number of unbranched alkanes of at least 4 members (excludes halogenated alkanes) is 1. The second-order valence-corrected chi connectivity index (χ2v) is 8.80. The summed E-state index contributed by atoms with van der Waals surface area (Å²) in [6.07, 6.45) is 8.22. The summed E-state index contributed by atoms with van der Waals surface area (Å²) < 4.78 is 16.6. The van der Waals surface area contributed by atoms with Crippen LogP contribution in [0.4, 0.5) is 5.69 Å². The number of aryl methyl sites for hydroxylation is 1.